The molecule has 1 aliphatic carbocycles. The number of piperidine rings is 1. The van der Waals surface area contributed by atoms with Crippen molar-refractivity contribution in [2.45, 2.75) is 70.1 Å². The highest BCUT2D eigenvalue weighted by Gasteiger charge is 2.48. The molecule has 1 N–H and O–H groups in total. The molecule has 3 heteroatoms. The summed E-state index contributed by atoms with van der Waals surface area (Å²) >= 11 is 0. The van der Waals surface area contributed by atoms with Gasteiger partial charge in [-0.3, -0.25) is 4.90 Å². The van der Waals surface area contributed by atoms with E-state index in [1.165, 1.54) is 30.4 Å². The van der Waals surface area contributed by atoms with Crippen LogP contribution in [0.2, 0.25) is 0 Å². The van der Waals surface area contributed by atoms with E-state index < -0.39 is 0 Å². The molecule has 126 valence electrons. The van der Waals surface area contributed by atoms with Gasteiger partial charge in [0.1, 0.15) is 5.75 Å². The van der Waals surface area contributed by atoms with Crippen molar-refractivity contribution in [1.29, 1.82) is 0 Å². The minimum absolute atomic E-state index is 0.192. The quantitative estimate of drug-likeness (QED) is 0.907. The fourth-order valence-electron chi connectivity index (χ4n) is 5.20. The average Bonchev–Trinajstić information content (AvgIpc) is 2.92. The molecule has 4 rings (SSSR count). The van der Waals surface area contributed by atoms with Crippen molar-refractivity contribution < 1.29 is 9.84 Å². The number of rotatable bonds is 2. The van der Waals surface area contributed by atoms with Crippen molar-refractivity contribution in [2.75, 3.05) is 13.1 Å². The Morgan fingerprint density at radius 3 is 2.87 bits per heavy atom. The molecule has 3 nitrogen and oxygen atoms in total. The fourth-order valence-corrected chi connectivity index (χ4v) is 5.20. The first kappa shape index (κ1) is 15.5. The molecule has 0 spiro atoms. The maximum atomic E-state index is 9.93. The molecule has 2 heterocycles. The fraction of sp³-hybridized carbons (Fsp3) is 0.700. The Kier molecular flexibility index (Phi) is 3.69. The van der Waals surface area contributed by atoms with E-state index in [4.69, 9.17) is 4.74 Å². The molecule has 0 radical (unpaired) electrons. The Labute approximate surface area is 139 Å². The van der Waals surface area contributed by atoms with Gasteiger partial charge in [0, 0.05) is 12.6 Å². The molecule has 2 aliphatic heterocycles. The first-order chi connectivity index (χ1) is 11.0. The summed E-state index contributed by atoms with van der Waals surface area (Å²) in [6.07, 6.45) is 5.54. The predicted octanol–water partition coefficient (Wildman–Crippen LogP) is 3.48. The number of nitrogens with zero attached hydrogens (tertiary/aromatic N) is 1. The maximum Gasteiger partial charge on any atom is 0.115 e. The summed E-state index contributed by atoms with van der Waals surface area (Å²) < 4.78 is 6.07. The van der Waals surface area contributed by atoms with Gasteiger partial charge in [-0.25, -0.2) is 0 Å². The summed E-state index contributed by atoms with van der Waals surface area (Å²) in [6.45, 7) is 9.23. The maximum absolute atomic E-state index is 9.93. The summed E-state index contributed by atoms with van der Waals surface area (Å²) in [5, 5.41) is 9.93. The molecule has 2 saturated heterocycles. The zero-order chi connectivity index (χ0) is 16.2. The molecule has 1 aromatic carbocycles. The van der Waals surface area contributed by atoms with Gasteiger partial charge in [-0.05, 0) is 73.7 Å². The van der Waals surface area contributed by atoms with Crippen LogP contribution in [0, 0.1) is 5.92 Å². The van der Waals surface area contributed by atoms with Crippen LogP contribution in [-0.4, -0.2) is 41.3 Å². The number of benzene rings is 1. The van der Waals surface area contributed by atoms with Crippen LogP contribution >= 0.6 is 0 Å². The smallest absolute Gasteiger partial charge is 0.115 e. The van der Waals surface area contributed by atoms with Gasteiger partial charge >= 0.3 is 0 Å². The monoisotopic (exact) mass is 315 g/mol. The first-order valence-corrected chi connectivity index (χ1v) is 9.19. The third-order valence-electron chi connectivity index (χ3n) is 6.87. The standard InChI is InChI=1S/C20H29NO2/c1-13-4-7-17(23-13)12-21-9-8-20(3)14(2)19(21)10-15-5-6-16(22)11-18(15)20/h5-6,11,13-14,17,19,22H,4,7-10,12H2,1-3H3/t13?,14-,17-,19+,20-/m0/s1. The van der Waals surface area contributed by atoms with Crippen molar-refractivity contribution in [3.8, 4) is 5.75 Å². The van der Waals surface area contributed by atoms with Gasteiger partial charge in [0.15, 0.2) is 0 Å². The highest BCUT2D eigenvalue weighted by atomic mass is 16.5. The number of phenolic OH excluding ortho intramolecular Hbond substituents is 1. The molecule has 1 unspecified atom stereocenters. The van der Waals surface area contributed by atoms with Crippen LogP contribution in [0.5, 0.6) is 5.75 Å². The average molecular weight is 315 g/mol. The lowest BCUT2D eigenvalue weighted by Gasteiger charge is -2.55. The predicted molar refractivity (Wildman–Crippen MR) is 91.9 cm³/mol. The second-order valence-corrected chi connectivity index (χ2v) is 8.21. The second kappa shape index (κ2) is 5.49. The highest BCUT2D eigenvalue weighted by molar-refractivity contribution is 5.44. The van der Waals surface area contributed by atoms with Crippen LogP contribution < -0.4 is 0 Å². The number of hydrogen-bond acceptors (Lipinski definition) is 3. The summed E-state index contributed by atoms with van der Waals surface area (Å²) in [7, 11) is 0. The number of likely N-dealkylation sites (tertiary alicyclic amines) is 1. The Morgan fingerprint density at radius 1 is 1.30 bits per heavy atom. The van der Waals surface area contributed by atoms with Gasteiger partial charge in [-0.15, -0.1) is 0 Å². The Morgan fingerprint density at radius 2 is 2.13 bits per heavy atom. The Balaban J connectivity index is 1.60. The van der Waals surface area contributed by atoms with E-state index in [-0.39, 0.29) is 5.41 Å². The van der Waals surface area contributed by atoms with E-state index in [0.717, 1.165) is 19.5 Å². The molecule has 3 aliphatic rings. The molecule has 2 bridgehead atoms. The van der Waals surface area contributed by atoms with Crippen molar-refractivity contribution in [1.82, 2.24) is 4.90 Å². The third-order valence-corrected chi connectivity index (χ3v) is 6.87. The molecular formula is C20H29NO2. The van der Waals surface area contributed by atoms with E-state index in [1.54, 1.807) is 0 Å². The zero-order valence-electron chi connectivity index (χ0n) is 14.6. The molecule has 0 saturated carbocycles. The highest BCUT2D eigenvalue weighted by Crippen LogP contribution is 2.49. The van der Waals surface area contributed by atoms with Gasteiger partial charge in [-0.2, -0.15) is 0 Å². The van der Waals surface area contributed by atoms with Crippen LogP contribution in [0.1, 0.15) is 51.2 Å². The number of phenols is 1. The minimum atomic E-state index is 0.192. The third kappa shape index (κ3) is 2.49. The summed E-state index contributed by atoms with van der Waals surface area (Å²) in [5.41, 5.74) is 3.00. The van der Waals surface area contributed by atoms with Gasteiger partial charge in [-0.1, -0.05) is 19.9 Å². The lowest BCUT2D eigenvalue weighted by molar-refractivity contribution is -0.0206. The number of ether oxygens (including phenoxy) is 1. The summed E-state index contributed by atoms with van der Waals surface area (Å²) in [4.78, 5) is 2.69. The van der Waals surface area contributed by atoms with Gasteiger partial charge in [0.25, 0.3) is 0 Å². The number of fused-ring (bicyclic) bond motifs is 4. The van der Waals surface area contributed by atoms with E-state index in [9.17, 15) is 5.11 Å². The van der Waals surface area contributed by atoms with E-state index in [1.807, 2.05) is 12.1 Å². The number of aromatic hydroxyl groups is 1. The Hall–Kier alpha value is -1.06. The van der Waals surface area contributed by atoms with Crippen LogP contribution in [0.15, 0.2) is 18.2 Å². The molecule has 0 amide bonds. The van der Waals surface area contributed by atoms with Crippen molar-refractivity contribution in [3.63, 3.8) is 0 Å². The molecule has 23 heavy (non-hydrogen) atoms. The lowest BCUT2D eigenvalue weighted by atomic mass is 9.59. The molecular weight excluding hydrogens is 286 g/mol. The van der Waals surface area contributed by atoms with Gasteiger partial charge in [0.2, 0.25) is 0 Å². The first-order valence-electron chi connectivity index (χ1n) is 9.19. The van der Waals surface area contributed by atoms with Crippen molar-refractivity contribution in [2.24, 2.45) is 5.92 Å². The largest absolute Gasteiger partial charge is 0.508 e. The molecule has 5 atom stereocenters. The molecule has 0 aromatic heterocycles. The van der Waals surface area contributed by atoms with Crippen molar-refractivity contribution >= 4 is 0 Å². The topological polar surface area (TPSA) is 32.7 Å². The minimum Gasteiger partial charge on any atom is -0.508 e. The summed E-state index contributed by atoms with van der Waals surface area (Å²) in [5.74, 6) is 1.02. The van der Waals surface area contributed by atoms with Crippen molar-refractivity contribution in [3.05, 3.63) is 29.3 Å². The van der Waals surface area contributed by atoms with E-state index >= 15 is 0 Å². The van der Waals surface area contributed by atoms with E-state index in [2.05, 4.69) is 31.7 Å². The van der Waals surface area contributed by atoms with Crippen LogP contribution in [0.25, 0.3) is 0 Å². The van der Waals surface area contributed by atoms with Crippen LogP contribution in [0.3, 0.4) is 0 Å². The zero-order valence-corrected chi connectivity index (χ0v) is 14.6. The van der Waals surface area contributed by atoms with Crippen LogP contribution in [-0.2, 0) is 16.6 Å². The normalized spacial score (nSPS) is 40.1. The van der Waals surface area contributed by atoms with Gasteiger partial charge < -0.3 is 9.84 Å². The number of hydrogen-bond donors (Lipinski definition) is 1. The Bertz CT molecular complexity index is 601. The second-order valence-electron chi connectivity index (χ2n) is 8.21. The lowest BCUT2D eigenvalue weighted by Crippen LogP contribution is -2.59. The van der Waals surface area contributed by atoms with E-state index in [0.29, 0.717) is 29.9 Å². The SMILES string of the molecule is CC1CC[C@@H](CN2CC[C@]3(C)c4cc(O)ccc4C[C@@H]2[C@@H]3C)O1. The summed E-state index contributed by atoms with van der Waals surface area (Å²) in [6, 6.07) is 6.60. The van der Waals surface area contributed by atoms with Crippen LogP contribution in [0.4, 0.5) is 0 Å². The molecule has 1 aromatic rings. The molecule has 2 fully saturated rings. The van der Waals surface area contributed by atoms with Gasteiger partial charge in [0.05, 0.1) is 12.2 Å².